The van der Waals surface area contributed by atoms with Crippen LogP contribution in [0.25, 0.3) is 34.4 Å². The van der Waals surface area contributed by atoms with E-state index in [-0.39, 0.29) is 31.5 Å². The number of rotatable bonds is 8. The van der Waals surface area contributed by atoms with Crippen LogP contribution < -0.4 is 24.8 Å². The minimum absolute atomic E-state index is 0. The molecule has 0 heterocycles. The second-order valence-electron chi connectivity index (χ2n) is 11.6. The van der Waals surface area contributed by atoms with Crippen LogP contribution >= 0.6 is 0 Å². The predicted octanol–water partition coefficient (Wildman–Crippen LogP) is 4.98. The van der Waals surface area contributed by atoms with Gasteiger partial charge in [0.2, 0.25) is 0 Å². The number of allylic oxidation sites excluding steroid dienone is 2. The first-order chi connectivity index (χ1) is 20.1. The van der Waals surface area contributed by atoms with Crippen molar-refractivity contribution in [2.75, 3.05) is 0 Å². The van der Waals surface area contributed by atoms with E-state index in [1.165, 1.54) is 59.1 Å². The first-order valence-electron chi connectivity index (χ1n) is 15.7. The van der Waals surface area contributed by atoms with Gasteiger partial charge in [-0.25, -0.2) is 0 Å². The summed E-state index contributed by atoms with van der Waals surface area (Å²) in [5.74, 6) is 0. The Kier molecular flexibility index (Phi) is 14.0. The second-order valence-corrected chi connectivity index (χ2v) is 34.9. The molecule has 0 spiro atoms. The molecule has 2 atom stereocenters. The summed E-state index contributed by atoms with van der Waals surface area (Å²) in [4.78, 5) is 0. The van der Waals surface area contributed by atoms with E-state index < -0.39 is 20.6 Å². The van der Waals surface area contributed by atoms with Crippen LogP contribution in [-0.2, 0) is 20.6 Å². The van der Waals surface area contributed by atoms with Gasteiger partial charge >= 0.3 is 220 Å². The van der Waals surface area contributed by atoms with Gasteiger partial charge in [-0.2, -0.15) is 0 Å². The fourth-order valence-corrected chi connectivity index (χ4v) is 36.1. The van der Waals surface area contributed by atoms with Gasteiger partial charge in [0.15, 0.2) is 0 Å². The Bertz CT molecular complexity index is 1410. The van der Waals surface area contributed by atoms with Gasteiger partial charge in [-0.1, -0.05) is 39.5 Å². The summed E-state index contributed by atoms with van der Waals surface area (Å²) in [6.45, 7) is 11.8. The largest absolute Gasteiger partial charge is 1.00 e. The van der Waals surface area contributed by atoms with Crippen LogP contribution in [0.4, 0.5) is 0 Å². The summed E-state index contributed by atoms with van der Waals surface area (Å²) < 4.78 is 1.44. The molecule has 0 saturated carbocycles. The van der Waals surface area contributed by atoms with Crippen LogP contribution in [0.3, 0.4) is 0 Å². The van der Waals surface area contributed by atoms with Gasteiger partial charge in [0.05, 0.1) is 0 Å². The van der Waals surface area contributed by atoms with E-state index in [2.05, 4.69) is 143 Å². The molecule has 0 N–H and O–H groups in total. The van der Waals surface area contributed by atoms with Crippen molar-refractivity contribution in [1.82, 2.24) is 0 Å². The molecule has 2 aliphatic carbocycles. The summed E-state index contributed by atoms with van der Waals surface area (Å²) in [6, 6.07) is 36.0. The third kappa shape index (κ3) is 7.64. The van der Waals surface area contributed by atoms with E-state index in [1.54, 1.807) is 22.3 Å². The monoisotopic (exact) mass is 791 g/mol. The molecule has 0 aliphatic heterocycles. The Morgan fingerprint density at radius 3 is 1.30 bits per heavy atom. The second kappa shape index (κ2) is 16.9. The van der Waals surface area contributed by atoms with Crippen molar-refractivity contribution >= 4 is 18.9 Å². The summed E-state index contributed by atoms with van der Waals surface area (Å²) in [7, 11) is 0. The first kappa shape index (κ1) is 35.5. The number of unbranched alkanes of at least 4 members (excludes halogenated alkanes) is 3. The van der Waals surface area contributed by atoms with Crippen molar-refractivity contribution in [2.45, 2.75) is 67.3 Å². The van der Waals surface area contributed by atoms with E-state index in [0.29, 0.717) is 0 Å². The molecule has 0 aromatic heterocycles. The fraction of sp³-hybridized carbons (Fsp3) is 0.282. The molecule has 0 amide bonds. The van der Waals surface area contributed by atoms with Crippen LogP contribution in [-0.4, -0.2) is 6.71 Å². The summed E-state index contributed by atoms with van der Waals surface area (Å²) >= 11 is -2.10. The fourth-order valence-electron chi connectivity index (χ4n) is 6.90. The molecule has 0 radical (unpaired) electrons. The molecule has 4 aromatic carbocycles. The Morgan fingerprint density at radius 1 is 0.558 bits per heavy atom. The maximum atomic E-state index is 2.61. The van der Waals surface area contributed by atoms with Crippen LogP contribution in [0.5, 0.6) is 0 Å². The molecule has 4 aromatic rings. The van der Waals surface area contributed by atoms with Gasteiger partial charge in [-0.3, -0.25) is 0 Å². The zero-order valence-corrected chi connectivity index (χ0v) is 32.9. The number of halogens is 2. The molecular weight excluding hydrogens is 746 g/mol. The van der Waals surface area contributed by atoms with E-state index >= 15 is 0 Å². The number of hydrogen-bond donors (Lipinski definition) is 0. The molecule has 43 heavy (non-hydrogen) atoms. The maximum Gasteiger partial charge on any atom is -1.00 e. The molecule has 4 heteroatoms. The van der Waals surface area contributed by atoms with Crippen LogP contribution in [0.15, 0.2) is 108 Å². The van der Waals surface area contributed by atoms with Gasteiger partial charge in [0.1, 0.15) is 0 Å². The van der Waals surface area contributed by atoms with E-state index in [0.717, 1.165) is 7.35 Å². The minimum atomic E-state index is -2.10. The van der Waals surface area contributed by atoms with Crippen molar-refractivity contribution in [1.29, 1.82) is 0 Å². The molecule has 2 unspecified atom stereocenters. The van der Waals surface area contributed by atoms with Crippen LogP contribution in [0, 0.1) is 0 Å². The van der Waals surface area contributed by atoms with Crippen molar-refractivity contribution < 1.29 is 45.4 Å². The average Bonchev–Trinajstić information content (AvgIpc) is 3.53. The molecule has 2 aliphatic rings. The van der Waals surface area contributed by atoms with Gasteiger partial charge in [-0.15, -0.1) is 0 Å². The van der Waals surface area contributed by atoms with Crippen molar-refractivity contribution in [3.63, 3.8) is 0 Å². The Morgan fingerprint density at radius 2 is 0.953 bits per heavy atom. The van der Waals surface area contributed by atoms with Crippen molar-refractivity contribution in [2.24, 2.45) is 0 Å². The summed E-state index contributed by atoms with van der Waals surface area (Å²) in [5.41, 5.74) is 15.0. The Hall–Kier alpha value is -1.97. The summed E-state index contributed by atoms with van der Waals surface area (Å²) in [5, 5.41) is 0. The van der Waals surface area contributed by atoms with E-state index in [1.807, 2.05) is 0 Å². The quantitative estimate of drug-likeness (QED) is 0.175. The molecule has 0 nitrogen and oxygen atoms in total. The zero-order chi connectivity index (χ0) is 28.8. The van der Waals surface area contributed by atoms with Crippen LogP contribution in [0.1, 0.15) is 83.0 Å². The normalized spacial score (nSPS) is 16.2. The Labute approximate surface area is 282 Å². The van der Waals surface area contributed by atoms with Crippen molar-refractivity contribution in [3.8, 4) is 22.3 Å². The topological polar surface area (TPSA) is 0 Å². The van der Waals surface area contributed by atoms with Gasteiger partial charge in [0, 0.05) is 0 Å². The smallest absolute Gasteiger partial charge is 1.00 e. The SMILES string of the molecule is CCCCCC.C[SiH2][Hf+2]([CH]1C(C)=Cc2c(-c3ccccc3)cccc21)[CH]1C(C)=Cc2c(-c3ccccc3)cccc21.[Cl-].[Cl-]. The maximum absolute atomic E-state index is 2.61. The van der Waals surface area contributed by atoms with Crippen molar-refractivity contribution in [3.05, 3.63) is 130 Å². The molecule has 223 valence electrons. The van der Waals surface area contributed by atoms with Gasteiger partial charge in [-0.05, 0) is 0 Å². The number of benzene rings is 4. The molecule has 0 bridgehead atoms. The summed E-state index contributed by atoms with van der Waals surface area (Å²) in [6.07, 6.45) is 10.6. The average molecular weight is 791 g/mol. The molecule has 0 saturated heterocycles. The van der Waals surface area contributed by atoms with Gasteiger partial charge < -0.3 is 24.8 Å². The van der Waals surface area contributed by atoms with Gasteiger partial charge in [0.25, 0.3) is 0 Å². The predicted molar refractivity (Wildman–Crippen MR) is 181 cm³/mol. The van der Waals surface area contributed by atoms with E-state index in [9.17, 15) is 0 Å². The number of hydrogen-bond acceptors (Lipinski definition) is 0. The minimum Gasteiger partial charge on any atom is -1.00 e. The molecular formula is C39H45Cl2HfSi. The third-order valence-corrected chi connectivity index (χ3v) is 36.0. The zero-order valence-electron chi connectivity index (χ0n) is 26.3. The number of fused-ring (bicyclic) bond motifs is 2. The van der Waals surface area contributed by atoms with E-state index in [4.69, 9.17) is 0 Å². The molecule has 0 fully saturated rings. The third-order valence-electron chi connectivity index (χ3n) is 8.83. The standard InChI is InChI=1S/2C16H13.C6H14.CH5Si.2ClH.Hf/c2*1-12-10-14-8-5-9-15(16(14)11-12)13-6-3-2-4-7-13;1-3-5-6-4-2;1-2;;;/h2*2-11H,1H3;3-6H2,1-2H3;2H2,1H3;2*1H;/q;;;;;;+2/p-2. The molecule has 6 rings (SSSR count). The Balaban J connectivity index is 0.000000578. The van der Waals surface area contributed by atoms with Crippen LogP contribution in [0.2, 0.25) is 6.55 Å². The first-order valence-corrected chi connectivity index (χ1v) is 29.6.